The lowest BCUT2D eigenvalue weighted by Gasteiger charge is -2.33. The van der Waals surface area contributed by atoms with Crippen molar-refractivity contribution in [3.05, 3.63) is 46.5 Å². The zero-order valence-electron chi connectivity index (χ0n) is 21.0. The van der Waals surface area contributed by atoms with Gasteiger partial charge in [-0.3, -0.25) is 9.13 Å². The highest BCUT2D eigenvalue weighted by Crippen LogP contribution is 2.28. The molecule has 34 heavy (non-hydrogen) atoms. The molecule has 0 saturated carbocycles. The van der Waals surface area contributed by atoms with Gasteiger partial charge >= 0.3 is 11.8 Å². The second kappa shape index (κ2) is 9.24. The molecule has 0 aliphatic carbocycles. The molecule has 1 aliphatic rings. The van der Waals surface area contributed by atoms with Gasteiger partial charge in [-0.15, -0.1) is 0 Å². The highest BCUT2D eigenvalue weighted by Gasteiger charge is 2.28. The molecular formula is C26H35N5O3. The third-order valence-corrected chi connectivity index (χ3v) is 6.42. The summed E-state index contributed by atoms with van der Waals surface area (Å²) in [5.41, 5.74) is 2.96. The summed E-state index contributed by atoms with van der Waals surface area (Å²) < 4.78 is 8.89. The number of aryl methyl sites for hydroxylation is 1. The number of hydrogen-bond acceptors (Lipinski definition) is 5. The Balaban J connectivity index is 1.58. The van der Waals surface area contributed by atoms with Gasteiger partial charge in [0.05, 0.1) is 6.20 Å². The first-order chi connectivity index (χ1) is 16.0. The molecular weight excluding hydrogens is 430 g/mol. The van der Waals surface area contributed by atoms with E-state index in [9.17, 15) is 9.59 Å². The molecule has 0 atom stereocenters. The van der Waals surface area contributed by atoms with Crippen LogP contribution in [0.4, 0.5) is 4.79 Å². The fourth-order valence-electron chi connectivity index (χ4n) is 4.56. The van der Waals surface area contributed by atoms with Crippen molar-refractivity contribution in [3.8, 4) is 11.4 Å². The number of ether oxygens (including phenoxy) is 1. The SMILES string of the molecule is CC(C)c1ccccc1-c1ncc2c(n1)n(CC1CCN(C(=O)OC(C)(C)C)CC1)c(=O)n2C. The van der Waals surface area contributed by atoms with Crippen LogP contribution in [0.1, 0.15) is 58.9 Å². The third kappa shape index (κ3) is 4.86. The van der Waals surface area contributed by atoms with Gasteiger partial charge in [0.2, 0.25) is 0 Å². The molecule has 0 N–H and O–H groups in total. The third-order valence-electron chi connectivity index (χ3n) is 6.42. The first kappa shape index (κ1) is 24.0. The molecule has 182 valence electrons. The lowest BCUT2D eigenvalue weighted by Crippen LogP contribution is -2.42. The number of likely N-dealkylation sites (tertiary alicyclic amines) is 1. The molecule has 0 radical (unpaired) electrons. The first-order valence-electron chi connectivity index (χ1n) is 12.0. The summed E-state index contributed by atoms with van der Waals surface area (Å²) in [4.78, 5) is 36.7. The molecule has 3 aromatic rings. The largest absolute Gasteiger partial charge is 0.444 e. The second-order valence-electron chi connectivity index (χ2n) is 10.5. The predicted molar refractivity (Wildman–Crippen MR) is 133 cm³/mol. The second-order valence-corrected chi connectivity index (χ2v) is 10.5. The van der Waals surface area contributed by atoms with E-state index in [1.54, 1.807) is 27.3 Å². The fourth-order valence-corrected chi connectivity index (χ4v) is 4.56. The van der Waals surface area contributed by atoms with Crippen LogP contribution < -0.4 is 5.69 Å². The number of fused-ring (bicyclic) bond motifs is 1. The minimum atomic E-state index is -0.504. The lowest BCUT2D eigenvalue weighted by atomic mass is 9.96. The van der Waals surface area contributed by atoms with E-state index in [1.807, 2.05) is 39.0 Å². The van der Waals surface area contributed by atoms with Crippen molar-refractivity contribution in [2.45, 2.75) is 65.5 Å². The fraction of sp³-hybridized carbons (Fsp3) is 0.538. The van der Waals surface area contributed by atoms with Crippen LogP contribution in [-0.4, -0.2) is 48.8 Å². The van der Waals surface area contributed by atoms with Gasteiger partial charge < -0.3 is 9.64 Å². The number of aromatic nitrogens is 4. The number of carbonyl (C=O) groups is 1. The number of nitrogens with zero attached hydrogens (tertiary/aromatic N) is 5. The number of amides is 1. The molecule has 1 amide bonds. The van der Waals surface area contributed by atoms with Crippen LogP contribution in [0.25, 0.3) is 22.6 Å². The van der Waals surface area contributed by atoms with E-state index in [1.165, 1.54) is 5.56 Å². The molecule has 8 nitrogen and oxygen atoms in total. The molecule has 3 heterocycles. The van der Waals surface area contributed by atoms with Crippen molar-refractivity contribution in [3.63, 3.8) is 0 Å². The molecule has 0 bridgehead atoms. The first-order valence-corrected chi connectivity index (χ1v) is 12.0. The molecule has 8 heteroatoms. The van der Waals surface area contributed by atoms with Crippen LogP contribution >= 0.6 is 0 Å². The van der Waals surface area contributed by atoms with Crippen LogP contribution in [0.2, 0.25) is 0 Å². The van der Waals surface area contributed by atoms with E-state index in [2.05, 4.69) is 24.9 Å². The number of rotatable bonds is 4. The monoisotopic (exact) mass is 465 g/mol. The van der Waals surface area contributed by atoms with Crippen molar-refractivity contribution in [1.82, 2.24) is 24.0 Å². The van der Waals surface area contributed by atoms with Gasteiger partial charge in [-0.05, 0) is 51.0 Å². The predicted octanol–water partition coefficient (Wildman–Crippen LogP) is 4.57. The summed E-state index contributed by atoms with van der Waals surface area (Å²) in [6, 6.07) is 8.16. The number of imidazole rings is 1. The molecule has 1 aliphatic heterocycles. The molecule has 1 aromatic carbocycles. The maximum Gasteiger partial charge on any atom is 0.410 e. The Kier molecular flexibility index (Phi) is 6.51. The maximum atomic E-state index is 13.1. The molecule has 1 fully saturated rings. The Morgan fingerprint density at radius 2 is 1.85 bits per heavy atom. The normalized spacial score (nSPS) is 15.3. The van der Waals surface area contributed by atoms with Crippen LogP contribution in [0, 0.1) is 5.92 Å². The molecule has 0 spiro atoms. The topological polar surface area (TPSA) is 82.2 Å². The maximum absolute atomic E-state index is 13.1. The minimum absolute atomic E-state index is 0.0897. The van der Waals surface area contributed by atoms with Crippen molar-refractivity contribution in [1.29, 1.82) is 0 Å². The van der Waals surface area contributed by atoms with Crippen molar-refractivity contribution in [2.24, 2.45) is 13.0 Å². The summed E-state index contributed by atoms with van der Waals surface area (Å²) in [7, 11) is 1.76. The zero-order valence-corrected chi connectivity index (χ0v) is 21.0. The standard InChI is InChI=1S/C26H35N5O3/c1-17(2)19-9-7-8-10-20(19)22-27-15-21-23(28-22)31(24(32)29(21)6)16-18-11-13-30(14-12-18)25(33)34-26(3,4)5/h7-10,15,17-18H,11-14,16H2,1-6H3. The zero-order chi connectivity index (χ0) is 24.6. The number of hydrogen-bond donors (Lipinski definition) is 0. The highest BCUT2D eigenvalue weighted by molar-refractivity contribution is 5.74. The summed E-state index contributed by atoms with van der Waals surface area (Å²) in [5.74, 6) is 1.25. The molecule has 1 saturated heterocycles. The van der Waals surface area contributed by atoms with E-state index >= 15 is 0 Å². The van der Waals surface area contributed by atoms with Crippen molar-refractivity contribution in [2.75, 3.05) is 13.1 Å². The lowest BCUT2D eigenvalue weighted by molar-refractivity contribution is 0.0178. The van der Waals surface area contributed by atoms with E-state index in [-0.39, 0.29) is 17.7 Å². The number of benzene rings is 1. The van der Waals surface area contributed by atoms with E-state index in [0.717, 1.165) is 23.9 Å². The van der Waals surface area contributed by atoms with E-state index < -0.39 is 5.60 Å². The van der Waals surface area contributed by atoms with Crippen molar-refractivity contribution < 1.29 is 9.53 Å². The minimum Gasteiger partial charge on any atom is -0.444 e. The van der Waals surface area contributed by atoms with Gasteiger partial charge in [0, 0.05) is 32.2 Å². The average Bonchev–Trinajstić information content (AvgIpc) is 3.02. The molecule has 2 aromatic heterocycles. The van der Waals surface area contributed by atoms with Gasteiger partial charge in [-0.1, -0.05) is 38.1 Å². The number of piperidine rings is 1. The number of carbonyl (C=O) groups excluding carboxylic acids is 1. The van der Waals surface area contributed by atoms with Crippen LogP contribution in [0.15, 0.2) is 35.3 Å². The van der Waals surface area contributed by atoms with Gasteiger partial charge in [-0.2, -0.15) is 0 Å². The Morgan fingerprint density at radius 1 is 1.18 bits per heavy atom. The smallest absolute Gasteiger partial charge is 0.410 e. The Bertz CT molecular complexity index is 1240. The summed E-state index contributed by atoms with van der Waals surface area (Å²) in [6.07, 6.45) is 3.11. The highest BCUT2D eigenvalue weighted by atomic mass is 16.6. The van der Waals surface area contributed by atoms with E-state index in [4.69, 9.17) is 9.72 Å². The quantitative estimate of drug-likeness (QED) is 0.564. The summed E-state index contributed by atoms with van der Waals surface area (Å²) >= 11 is 0. The van der Waals surface area contributed by atoms with Crippen molar-refractivity contribution >= 4 is 17.3 Å². The van der Waals surface area contributed by atoms with Gasteiger partial charge in [0.15, 0.2) is 11.5 Å². The summed E-state index contributed by atoms with van der Waals surface area (Å²) in [5, 5.41) is 0. The van der Waals surface area contributed by atoms with Gasteiger partial charge in [-0.25, -0.2) is 19.6 Å². The van der Waals surface area contributed by atoms with E-state index in [0.29, 0.717) is 37.0 Å². The average molecular weight is 466 g/mol. The van der Waals surface area contributed by atoms with Crippen LogP contribution in [0.3, 0.4) is 0 Å². The molecule has 4 rings (SSSR count). The van der Waals surface area contributed by atoms with Crippen LogP contribution in [0.5, 0.6) is 0 Å². The van der Waals surface area contributed by atoms with Crippen LogP contribution in [-0.2, 0) is 18.3 Å². The molecule has 0 unspecified atom stereocenters. The Labute approximate surface area is 200 Å². The Hall–Kier alpha value is -3.16. The Morgan fingerprint density at radius 3 is 2.50 bits per heavy atom. The van der Waals surface area contributed by atoms with Gasteiger partial charge in [0.25, 0.3) is 0 Å². The van der Waals surface area contributed by atoms with Gasteiger partial charge in [0.1, 0.15) is 11.1 Å². The summed E-state index contributed by atoms with van der Waals surface area (Å²) in [6.45, 7) is 11.8.